The highest BCUT2D eigenvalue weighted by molar-refractivity contribution is 7.99. The van der Waals surface area contributed by atoms with Crippen molar-refractivity contribution in [2.45, 2.75) is 36.2 Å². The number of carbonyl (C=O) groups is 1. The molecule has 0 spiro atoms. The summed E-state index contributed by atoms with van der Waals surface area (Å²) in [5.74, 6) is 1.25. The number of nitrogens with one attached hydrogen (secondary N) is 2. The molecular formula is C14H18N2OS. The molecule has 0 radical (unpaired) electrons. The lowest BCUT2D eigenvalue weighted by molar-refractivity contribution is -0.123. The van der Waals surface area contributed by atoms with Crippen molar-refractivity contribution in [3.8, 4) is 0 Å². The number of rotatable bonds is 2. The van der Waals surface area contributed by atoms with E-state index in [9.17, 15) is 4.79 Å². The lowest BCUT2D eigenvalue weighted by atomic mass is 10.0. The van der Waals surface area contributed by atoms with Gasteiger partial charge in [0.1, 0.15) is 0 Å². The van der Waals surface area contributed by atoms with Crippen LogP contribution in [0, 0.1) is 0 Å². The van der Waals surface area contributed by atoms with Crippen molar-refractivity contribution >= 4 is 17.7 Å². The first-order valence-corrected chi connectivity index (χ1v) is 7.58. The van der Waals surface area contributed by atoms with Crippen LogP contribution in [0.4, 0.5) is 0 Å². The van der Waals surface area contributed by atoms with Gasteiger partial charge in [-0.3, -0.25) is 4.79 Å². The lowest BCUT2D eigenvalue weighted by Crippen LogP contribution is -2.42. The van der Waals surface area contributed by atoms with Crippen LogP contribution in [0.25, 0.3) is 0 Å². The Morgan fingerprint density at radius 1 is 1.33 bits per heavy atom. The van der Waals surface area contributed by atoms with Crippen molar-refractivity contribution in [1.29, 1.82) is 0 Å². The molecule has 2 aliphatic rings. The second kappa shape index (κ2) is 5.33. The summed E-state index contributed by atoms with van der Waals surface area (Å²) in [6.45, 7) is 0.967. The monoisotopic (exact) mass is 262 g/mol. The van der Waals surface area contributed by atoms with E-state index >= 15 is 0 Å². The van der Waals surface area contributed by atoms with E-state index in [0.29, 0.717) is 0 Å². The van der Waals surface area contributed by atoms with Gasteiger partial charge in [-0.2, -0.15) is 0 Å². The Kier molecular flexibility index (Phi) is 3.57. The van der Waals surface area contributed by atoms with Gasteiger partial charge in [0.05, 0.1) is 12.1 Å². The Labute approximate surface area is 112 Å². The van der Waals surface area contributed by atoms with Crippen LogP contribution in [0.5, 0.6) is 0 Å². The third-order valence-electron chi connectivity index (χ3n) is 3.65. The summed E-state index contributed by atoms with van der Waals surface area (Å²) in [6, 6.07) is 8.61. The SMILES string of the molecule is O=C(NC1CCSc2ccccc21)[C@H]1CCCN1. The van der Waals surface area contributed by atoms with Crippen LogP contribution < -0.4 is 10.6 Å². The third-order valence-corrected chi connectivity index (χ3v) is 4.77. The zero-order valence-corrected chi connectivity index (χ0v) is 11.1. The van der Waals surface area contributed by atoms with Gasteiger partial charge in [0.25, 0.3) is 0 Å². The molecule has 2 N–H and O–H groups in total. The Bertz CT molecular complexity index is 443. The van der Waals surface area contributed by atoms with Crippen LogP contribution in [0.2, 0.25) is 0 Å². The smallest absolute Gasteiger partial charge is 0.237 e. The van der Waals surface area contributed by atoms with E-state index in [2.05, 4.69) is 34.9 Å². The molecule has 2 atom stereocenters. The number of amides is 1. The van der Waals surface area contributed by atoms with Crippen LogP contribution in [0.1, 0.15) is 30.9 Å². The van der Waals surface area contributed by atoms with E-state index in [1.807, 2.05) is 11.8 Å². The zero-order chi connectivity index (χ0) is 12.4. The molecule has 1 unspecified atom stereocenters. The van der Waals surface area contributed by atoms with Gasteiger partial charge >= 0.3 is 0 Å². The molecule has 2 aliphatic heterocycles. The minimum Gasteiger partial charge on any atom is -0.348 e. The topological polar surface area (TPSA) is 41.1 Å². The van der Waals surface area contributed by atoms with Gasteiger partial charge in [-0.25, -0.2) is 0 Å². The molecule has 0 aliphatic carbocycles. The Morgan fingerprint density at radius 2 is 2.22 bits per heavy atom. The molecule has 1 fully saturated rings. The first kappa shape index (κ1) is 12.1. The average Bonchev–Trinajstić information content (AvgIpc) is 2.93. The summed E-state index contributed by atoms with van der Waals surface area (Å²) < 4.78 is 0. The second-order valence-electron chi connectivity index (χ2n) is 4.89. The van der Waals surface area contributed by atoms with Crippen LogP contribution in [0.3, 0.4) is 0 Å². The number of carbonyl (C=O) groups excluding carboxylic acids is 1. The summed E-state index contributed by atoms with van der Waals surface area (Å²) in [6.07, 6.45) is 3.10. The number of thioether (sulfide) groups is 1. The first-order valence-electron chi connectivity index (χ1n) is 6.60. The molecule has 96 valence electrons. The van der Waals surface area contributed by atoms with Crippen molar-refractivity contribution in [2.24, 2.45) is 0 Å². The fourth-order valence-corrected chi connectivity index (χ4v) is 3.80. The van der Waals surface area contributed by atoms with E-state index < -0.39 is 0 Å². The molecule has 4 heteroatoms. The highest BCUT2D eigenvalue weighted by atomic mass is 32.2. The quantitative estimate of drug-likeness (QED) is 0.857. The van der Waals surface area contributed by atoms with Crippen LogP contribution in [0.15, 0.2) is 29.2 Å². The molecule has 1 amide bonds. The van der Waals surface area contributed by atoms with Gasteiger partial charge in [-0.15, -0.1) is 11.8 Å². The molecule has 0 aromatic heterocycles. The highest BCUT2D eigenvalue weighted by Crippen LogP contribution is 2.35. The van der Waals surface area contributed by atoms with Crippen molar-refractivity contribution in [1.82, 2.24) is 10.6 Å². The maximum atomic E-state index is 12.1. The normalized spacial score (nSPS) is 26.7. The van der Waals surface area contributed by atoms with Crippen LogP contribution in [-0.4, -0.2) is 24.2 Å². The van der Waals surface area contributed by atoms with E-state index in [1.54, 1.807) is 0 Å². The lowest BCUT2D eigenvalue weighted by Gasteiger charge is -2.27. The van der Waals surface area contributed by atoms with Crippen molar-refractivity contribution in [3.63, 3.8) is 0 Å². The standard InChI is InChI=1S/C14H18N2OS/c17-14(12-5-3-8-15-12)16-11-7-9-18-13-6-2-1-4-10(11)13/h1-2,4,6,11-12,15H,3,5,7-9H2,(H,16,17)/t11?,12-/m1/s1. The van der Waals surface area contributed by atoms with Crippen LogP contribution >= 0.6 is 11.8 Å². The van der Waals surface area contributed by atoms with E-state index in [-0.39, 0.29) is 18.0 Å². The molecule has 1 saturated heterocycles. The molecule has 2 heterocycles. The molecule has 3 rings (SSSR count). The predicted octanol–water partition coefficient (Wildman–Crippen LogP) is 2.09. The molecule has 1 aromatic rings. The van der Waals surface area contributed by atoms with E-state index in [0.717, 1.165) is 31.6 Å². The van der Waals surface area contributed by atoms with Gasteiger partial charge < -0.3 is 10.6 Å². The fraction of sp³-hybridized carbons (Fsp3) is 0.500. The Balaban J connectivity index is 1.72. The van der Waals surface area contributed by atoms with Gasteiger partial charge in [0.15, 0.2) is 0 Å². The maximum Gasteiger partial charge on any atom is 0.237 e. The zero-order valence-electron chi connectivity index (χ0n) is 10.3. The molecule has 18 heavy (non-hydrogen) atoms. The number of benzene rings is 1. The number of hydrogen-bond acceptors (Lipinski definition) is 3. The molecule has 0 saturated carbocycles. The summed E-state index contributed by atoms with van der Waals surface area (Å²) in [4.78, 5) is 13.5. The summed E-state index contributed by atoms with van der Waals surface area (Å²) in [5.41, 5.74) is 1.28. The number of fused-ring (bicyclic) bond motifs is 1. The van der Waals surface area contributed by atoms with Gasteiger partial charge in [-0.05, 0) is 37.4 Å². The summed E-state index contributed by atoms with van der Waals surface area (Å²) >= 11 is 1.88. The van der Waals surface area contributed by atoms with Crippen molar-refractivity contribution in [2.75, 3.05) is 12.3 Å². The number of hydrogen-bond donors (Lipinski definition) is 2. The average molecular weight is 262 g/mol. The van der Waals surface area contributed by atoms with E-state index in [4.69, 9.17) is 0 Å². The van der Waals surface area contributed by atoms with Crippen LogP contribution in [-0.2, 0) is 4.79 Å². The minimum absolute atomic E-state index is 0.0201. The Morgan fingerprint density at radius 3 is 3.06 bits per heavy atom. The van der Waals surface area contributed by atoms with E-state index in [1.165, 1.54) is 10.5 Å². The highest BCUT2D eigenvalue weighted by Gasteiger charge is 2.27. The van der Waals surface area contributed by atoms with Gasteiger partial charge in [0, 0.05) is 10.6 Å². The summed E-state index contributed by atoms with van der Waals surface area (Å²) in [5, 5.41) is 6.45. The molecule has 1 aromatic carbocycles. The predicted molar refractivity (Wildman–Crippen MR) is 73.7 cm³/mol. The summed E-state index contributed by atoms with van der Waals surface area (Å²) in [7, 11) is 0. The first-order chi connectivity index (χ1) is 8.84. The third kappa shape index (κ3) is 2.40. The van der Waals surface area contributed by atoms with Gasteiger partial charge in [-0.1, -0.05) is 18.2 Å². The maximum absolute atomic E-state index is 12.1. The molecular weight excluding hydrogens is 244 g/mol. The Hall–Kier alpha value is -1.00. The van der Waals surface area contributed by atoms with Crippen molar-refractivity contribution < 1.29 is 4.79 Å². The minimum atomic E-state index is 0.0201. The molecule has 0 bridgehead atoms. The van der Waals surface area contributed by atoms with Gasteiger partial charge in [0.2, 0.25) is 5.91 Å². The largest absolute Gasteiger partial charge is 0.348 e. The van der Waals surface area contributed by atoms with Crippen molar-refractivity contribution in [3.05, 3.63) is 29.8 Å². The molecule has 3 nitrogen and oxygen atoms in total. The second-order valence-corrected chi connectivity index (χ2v) is 6.02. The fourth-order valence-electron chi connectivity index (χ4n) is 2.67.